The van der Waals surface area contributed by atoms with Gasteiger partial charge in [0.05, 0.1) is 0 Å². The molecule has 0 aromatic rings. The number of allylic oxidation sites excluding steroid dienone is 1. The van der Waals surface area contributed by atoms with Crippen LogP contribution in [0.2, 0.25) is 0 Å². The zero-order valence-electron chi connectivity index (χ0n) is 13.9. The summed E-state index contributed by atoms with van der Waals surface area (Å²) >= 11 is 0. The van der Waals surface area contributed by atoms with E-state index in [4.69, 9.17) is 5.73 Å². The second-order valence-corrected chi connectivity index (χ2v) is 8.61. The minimum Gasteiger partial charge on any atom is -0.405 e. The van der Waals surface area contributed by atoms with Crippen LogP contribution < -0.4 is 5.73 Å². The maximum Gasteiger partial charge on any atom is -0.00644 e. The highest BCUT2D eigenvalue weighted by Gasteiger charge is 2.58. The van der Waals surface area contributed by atoms with Crippen LogP contribution in [0.4, 0.5) is 0 Å². The van der Waals surface area contributed by atoms with Gasteiger partial charge in [-0.2, -0.15) is 0 Å². The second-order valence-electron chi connectivity index (χ2n) is 8.61. The van der Waals surface area contributed by atoms with Gasteiger partial charge in [-0.3, -0.25) is 0 Å². The van der Waals surface area contributed by atoms with Gasteiger partial charge in [-0.15, -0.1) is 0 Å². The molecule has 0 aliphatic heterocycles. The van der Waals surface area contributed by atoms with Crippen LogP contribution in [0.5, 0.6) is 0 Å². The van der Waals surface area contributed by atoms with Crippen molar-refractivity contribution in [2.45, 2.75) is 72.6 Å². The first-order chi connectivity index (χ1) is 9.43. The van der Waals surface area contributed by atoms with Crippen molar-refractivity contribution in [1.29, 1.82) is 0 Å². The quantitative estimate of drug-likeness (QED) is 0.706. The van der Waals surface area contributed by atoms with Gasteiger partial charge in [-0.25, -0.2) is 0 Å². The topological polar surface area (TPSA) is 26.0 Å². The molecular formula is C19H33N. The van der Waals surface area contributed by atoms with Gasteiger partial charge in [0.15, 0.2) is 0 Å². The van der Waals surface area contributed by atoms with Crippen LogP contribution >= 0.6 is 0 Å². The fourth-order valence-corrected chi connectivity index (χ4v) is 6.01. The monoisotopic (exact) mass is 275 g/mol. The Bertz CT molecular complexity index is 412. The number of hydrogen-bond acceptors (Lipinski definition) is 1. The lowest BCUT2D eigenvalue weighted by atomic mass is 9.59. The summed E-state index contributed by atoms with van der Waals surface area (Å²) < 4.78 is 0. The molecule has 0 bridgehead atoms. The highest BCUT2D eigenvalue weighted by atomic mass is 14.6. The van der Waals surface area contributed by atoms with Gasteiger partial charge in [-0.05, 0) is 72.0 Å². The highest BCUT2D eigenvalue weighted by molar-refractivity contribution is 5.26. The Morgan fingerprint density at radius 3 is 2.30 bits per heavy atom. The Hall–Kier alpha value is -0.460. The van der Waals surface area contributed by atoms with Crippen LogP contribution in [0.15, 0.2) is 11.8 Å². The predicted molar refractivity (Wildman–Crippen MR) is 86.1 cm³/mol. The third kappa shape index (κ3) is 1.81. The molecule has 3 aliphatic carbocycles. The van der Waals surface area contributed by atoms with Crippen molar-refractivity contribution in [3.63, 3.8) is 0 Å². The van der Waals surface area contributed by atoms with Gasteiger partial charge in [0.2, 0.25) is 0 Å². The first-order valence-electron chi connectivity index (χ1n) is 8.85. The molecule has 0 aromatic carbocycles. The summed E-state index contributed by atoms with van der Waals surface area (Å²) in [5.74, 6) is 3.25. The summed E-state index contributed by atoms with van der Waals surface area (Å²) in [5.41, 5.74) is 8.79. The van der Waals surface area contributed by atoms with Crippen LogP contribution in [0, 0.1) is 34.5 Å². The van der Waals surface area contributed by atoms with E-state index >= 15 is 0 Å². The van der Waals surface area contributed by atoms with Crippen LogP contribution in [-0.2, 0) is 0 Å². The molecule has 6 unspecified atom stereocenters. The summed E-state index contributed by atoms with van der Waals surface area (Å²) in [6.07, 6.45) is 11.9. The zero-order chi connectivity index (χ0) is 14.5. The number of hydrogen-bond donors (Lipinski definition) is 1. The predicted octanol–water partition coefficient (Wildman–Crippen LogP) is 5.12. The standard InChI is InChI=1S/C19H33N/c1-13-7-5-6-10-18(13,3)17-11-19(4)14(2)8-9-16(19)15(17)12-20/h12-14,16-17H,5-11,20H2,1-4H3/b15-12-. The van der Waals surface area contributed by atoms with Crippen molar-refractivity contribution >= 4 is 0 Å². The van der Waals surface area contributed by atoms with Crippen LogP contribution in [0.25, 0.3) is 0 Å². The fraction of sp³-hybridized carbons (Fsp3) is 0.895. The lowest BCUT2D eigenvalue weighted by Crippen LogP contribution is -2.37. The van der Waals surface area contributed by atoms with E-state index in [1.807, 2.05) is 6.20 Å². The first kappa shape index (κ1) is 14.5. The van der Waals surface area contributed by atoms with Gasteiger partial charge in [0, 0.05) is 0 Å². The van der Waals surface area contributed by atoms with E-state index in [0.29, 0.717) is 10.8 Å². The molecule has 0 heterocycles. The number of rotatable bonds is 1. The van der Waals surface area contributed by atoms with E-state index in [1.54, 1.807) is 5.57 Å². The molecule has 0 amide bonds. The average Bonchev–Trinajstić information content (AvgIpc) is 2.87. The second kappa shape index (κ2) is 4.78. The fourth-order valence-electron chi connectivity index (χ4n) is 6.01. The van der Waals surface area contributed by atoms with E-state index < -0.39 is 0 Å². The minimum atomic E-state index is 0.497. The molecular weight excluding hydrogens is 242 g/mol. The Morgan fingerprint density at radius 1 is 0.950 bits per heavy atom. The Morgan fingerprint density at radius 2 is 1.65 bits per heavy atom. The van der Waals surface area contributed by atoms with E-state index in [-0.39, 0.29) is 0 Å². The Kier molecular flexibility index (Phi) is 3.46. The zero-order valence-corrected chi connectivity index (χ0v) is 13.9. The normalized spacial score (nSPS) is 54.3. The minimum absolute atomic E-state index is 0.497. The largest absolute Gasteiger partial charge is 0.405 e. The highest BCUT2D eigenvalue weighted by Crippen LogP contribution is 2.66. The molecule has 20 heavy (non-hydrogen) atoms. The Labute approximate surface area is 125 Å². The molecule has 0 spiro atoms. The number of nitrogens with two attached hydrogens (primary N) is 1. The van der Waals surface area contributed by atoms with Crippen LogP contribution in [-0.4, -0.2) is 0 Å². The third-order valence-electron chi connectivity index (χ3n) is 7.98. The molecule has 6 atom stereocenters. The SMILES string of the molecule is CC1CCCCC1(C)C1CC2(C)C(C)CCC2/C1=C/N. The van der Waals surface area contributed by atoms with Gasteiger partial charge in [-0.1, -0.05) is 47.0 Å². The lowest BCUT2D eigenvalue weighted by molar-refractivity contribution is 0.0586. The summed E-state index contributed by atoms with van der Waals surface area (Å²) in [6.45, 7) is 10.1. The van der Waals surface area contributed by atoms with Gasteiger partial charge in [0.1, 0.15) is 0 Å². The number of fused-ring (bicyclic) bond motifs is 1. The van der Waals surface area contributed by atoms with E-state index in [9.17, 15) is 0 Å². The molecule has 3 aliphatic rings. The molecule has 2 N–H and O–H groups in total. The molecule has 0 aromatic heterocycles. The van der Waals surface area contributed by atoms with E-state index in [1.165, 1.54) is 44.9 Å². The molecule has 3 rings (SSSR count). The van der Waals surface area contributed by atoms with Crippen molar-refractivity contribution in [3.8, 4) is 0 Å². The molecule has 0 radical (unpaired) electrons. The molecule has 0 saturated heterocycles. The lowest BCUT2D eigenvalue weighted by Gasteiger charge is -2.46. The van der Waals surface area contributed by atoms with E-state index in [2.05, 4.69) is 27.7 Å². The summed E-state index contributed by atoms with van der Waals surface area (Å²) in [5, 5.41) is 0. The molecule has 1 nitrogen and oxygen atoms in total. The first-order valence-corrected chi connectivity index (χ1v) is 8.85. The average molecular weight is 275 g/mol. The van der Waals surface area contributed by atoms with E-state index in [0.717, 1.165) is 23.7 Å². The Balaban J connectivity index is 1.95. The van der Waals surface area contributed by atoms with Gasteiger partial charge >= 0.3 is 0 Å². The van der Waals surface area contributed by atoms with Gasteiger partial charge in [0.25, 0.3) is 0 Å². The van der Waals surface area contributed by atoms with Gasteiger partial charge < -0.3 is 5.73 Å². The smallest absolute Gasteiger partial charge is 0.00644 e. The maximum absolute atomic E-state index is 6.13. The molecule has 1 heteroatoms. The molecule has 114 valence electrons. The van der Waals surface area contributed by atoms with Crippen molar-refractivity contribution in [3.05, 3.63) is 11.8 Å². The van der Waals surface area contributed by atoms with Crippen LogP contribution in [0.1, 0.15) is 72.6 Å². The summed E-state index contributed by atoms with van der Waals surface area (Å²) in [6, 6.07) is 0. The van der Waals surface area contributed by atoms with Crippen molar-refractivity contribution < 1.29 is 0 Å². The summed E-state index contributed by atoms with van der Waals surface area (Å²) in [7, 11) is 0. The van der Waals surface area contributed by atoms with Crippen molar-refractivity contribution in [2.24, 2.45) is 40.2 Å². The molecule has 3 fully saturated rings. The maximum atomic E-state index is 6.13. The molecule has 3 saturated carbocycles. The van der Waals surface area contributed by atoms with Crippen LogP contribution in [0.3, 0.4) is 0 Å². The third-order valence-corrected chi connectivity index (χ3v) is 7.98. The van der Waals surface area contributed by atoms with Crippen molar-refractivity contribution in [2.75, 3.05) is 0 Å². The van der Waals surface area contributed by atoms with Crippen molar-refractivity contribution in [1.82, 2.24) is 0 Å². The summed E-state index contributed by atoms with van der Waals surface area (Å²) in [4.78, 5) is 0.